The normalized spacial score (nSPS) is 12.0. The molecule has 38 heavy (non-hydrogen) atoms. The minimum Gasteiger partial charge on any atom is -0.492 e. The zero-order valence-corrected chi connectivity index (χ0v) is 24.1. The fourth-order valence-electron chi connectivity index (χ4n) is 4.22. The van der Waals surface area contributed by atoms with Crippen molar-refractivity contribution in [2.24, 2.45) is 10.2 Å². The lowest BCUT2D eigenvalue weighted by Gasteiger charge is -2.26. The Hall–Kier alpha value is -3.23. The predicted octanol–water partition coefficient (Wildman–Crippen LogP) is 5.53. The maximum absolute atomic E-state index is 13.7. The molecule has 0 unspecified atom stereocenters. The molecule has 0 fully saturated rings. The van der Waals surface area contributed by atoms with Crippen LogP contribution in [-0.4, -0.2) is 48.7 Å². The molecule has 0 aliphatic rings. The molecular weight excluding hydrogens is 504 g/mol. The van der Waals surface area contributed by atoms with Crippen LogP contribution in [0.25, 0.3) is 0 Å². The third-order valence-electron chi connectivity index (χ3n) is 6.31. The number of unbranched alkanes of at least 4 members (excludes halogenated alkanes) is 2. The second kappa shape index (κ2) is 14.1. The summed E-state index contributed by atoms with van der Waals surface area (Å²) in [5.74, 6) is -0.782. The summed E-state index contributed by atoms with van der Waals surface area (Å²) in [7, 11) is -3.87. The van der Waals surface area contributed by atoms with E-state index >= 15 is 0 Å². The molecule has 11 heteroatoms. The van der Waals surface area contributed by atoms with Crippen LogP contribution in [-0.2, 0) is 10.0 Å². The van der Waals surface area contributed by atoms with Gasteiger partial charge in [0.2, 0.25) is 15.9 Å². The topological polar surface area (TPSA) is 131 Å². The van der Waals surface area contributed by atoms with Crippen LogP contribution >= 0.6 is 0 Å². The second-order valence-corrected chi connectivity index (χ2v) is 11.2. The van der Waals surface area contributed by atoms with Crippen LogP contribution in [0.2, 0.25) is 0 Å². The van der Waals surface area contributed by atoms with Gasteiger partial charge in [-0.15, -0.1) is 10.2 Å². The van der Waals surface area contributed by atoms with Gasteiger partial charge in [-0.25, -0.2) is 8.42 Å². The molecule has 0 saturated carbocycles. The largest absolute Gasteiger partial charge is 0.492 e. The second-order valence-electron chi connectivity index (χ2n) is 9.26. The molecule has 0 aliphatic heterocycles. The number of azo groups is 1. The molecule has 0 atom stereocenters. The van der Waals surface area contributed by atoms with Crippen molar-refractivity contribution < 1.29 is 13.5 Å². The summed E-state index contributed by atoms with van der Waals surface area (Å²) in [5.41, 5.74) is -0.449. The van der Waals surface area contributed by atoms with Crippen molar-refractivity contribution in [3.05, 3.63) is 45.7 Å². The number of sulfonamides is 1. The van der Waals surface area contributed by atoms with E-state index in [0.29, 0.717) is 26.2 Å². The third-order valence-corrected chi connectivity index (χ3v) is 8.25. The van der Waals surface area contributed by atoms with E-state index in [9.17, 15) is 23.6 Å². The summed E-state index contributed by atoms with van der Waals surface area (Å²) in [6, 6.07) is 8.32. The number of hydrogen-bond donors (Lipinski definition) is 1. The molecule has 0 spiro atoms. The highest BCUT2D eigenvalue weighted by molar-refractivity contribution is 7.89. The monoisotopic (exact) mass is 544 g/mol. The standard InChI is InChI=1S/C27H40N6O4S/c1-7-11-17-32(18-12-8-2)38(36,37)23-16-14-13-15-22(23)29-30-25-24(20(5)6)21(19-28)26(34)33(27(25)35)31(9-3)10-4/h13-16,20,34H,7-12,17-18H2,1-6H3. The number of hydrogen-bond acceptors (Lipinski definition) is 8. The van der Waals surface area contributed by atoms with Crippen LogP contribution in [0.5, 0.6) is 5.88 Å². The van der Waals surface area contributed by atoms with Crippen LogP contribution in [0, 0.1) is 11.3 Å². The van der Waals surface area contributed by atoms with Gasteiger partial charge in [0, 0.05) is 31.7 Å². The van der Waals surface area contributed by atoms with E-state index in [4.69, 9.17) is 0 Å². The minimum atomic E-state index is -3.87. The van der Waals surface area contributed by atoms with Crippen LogP contribution in [0.3, 0.4) is 0 Å². The molecule has 0 saturated heterocycles. The Labute approximate surface area is 226 Å². The molecule has 2 rings (SSSR count). The Morgan fingerprint density at radius 2 is 1.61 bits per heavy atom. The number of benzene rings is 1. The van der Waals surface area contributed by atoms with Gasteiger partial charge >= 0.3 is 0 Å². The zero-order valence-electron chi connectivity index (χ0n) is 23.3. The first-order valence-electron chi connectivity index (χ1n) is 13.3. The van der Waals surface area contributed by atoms with Crippen molar-refractivity contribution in [1.82, 2.24) is 8.98 Å². The molecule has 1 aromatic heterocycles. The molecular formula is C27H40N6O4S. The average Bonchev–Trinajstić information content (AvgIpc) is 2.90. The van der Waals surface area contributed by atoms with Crippen LogP contribution in [0.15, 0.2) is 44.2 Å². The Bertz CT molecular complexity index is 1320. The fourth-order valence-corrected chi connectivity index (χ4v) is 5.86. The number of rotatable bonds is 14. The Morgan fingerprint density at radius 1 is 1.03 bits per heavy atom. The molecule has 208 valence electrons. The zero-order chi connectivity index (χ0) is 28.5. The lowest BCUT2D eigenvalue weighted by molar-refractivity contribution is 0.394. The summed E-state index contributed by atoms with van der Waals surface area (Å²) >= 11 is 0. The summed E-state index contributed by atoms with van der Waals surface area (Å²) in [5, 5.41) is 30.8. The van der Waals surface area contributed by atoms with Crippen molar-refractivity contribution >= 4 is 21.4 Å². The van der Waals surface area contributed by atoms with E-state index in [-0.39, 0.29) is 33.3 Å². The molecule has 2 aromatic rings. The van der Waals surface area contributed by atoms with Crippen LogP contribution in [0.1, 0.15) is 84.3 Å². The van der Waals surface area contributed by atoms with Crippen molar-refractivity contribution in [1.29, 1.82) is 5.26 Å². The van der Waals surface area contributed by atoms with Crippen molar-refractivity contribution in [2.75, 3.05) is 31.2 Å². The molecule has 10 nitrogen and oxygen atoms in total. The Kier molecular flexibility index (Phi) is 11.5. The molecule has 0 aliphatic carbocycles. The molecule has 1 aromatic carbocycles. The number of aromatic nitrogens is 1. The summed E-state index contributed by atoms with van der Waals surface area (Å²) in [6.45, 7) is 12.8. The first-order chi connectivity index (χ1) is 18.1. The van der Waals surface area contributed by atoms with E-state index in [1.54, 1.807) is 31.0 Å². The first kappa shape index (κ1) is 31.0. The van der Waals surface area contributed by atoms with Gasteiger partial charge in [0.05, 0.1) is 0 Å². The van der Waals surface area contributed by atoms with E-state index in [1.807, 2.05) is 33.8 Å². The maximum atomic E-state index is 13.7. The van der Waals surface area contributed by atoms with E-state index < -0.39 is 21.5 Å². The summed E-state index contributed by atoms with van der Waals surface area (Å²) in [6.07, 6.45) is 3.19. The van der Waals surface area contributed by atoms with Gasteiger partial charge in [0.15, 0.2) is 5.69 Å². The van der Waals surface area contributed by atoms with Gasteiger partial charge in [0.25, 0.3) is 5.56 Å². The lowest BCUT2D eigenvalue weighted by atomic mass is 9.97. The van der Waals surface area contributed by atoms with Gasteiger partial charge in [-0.2, -0.15) is 14.2 Å². The highest BCUT2D eigenvalue weighted by Crippen LogP contribution is 2.34. The number of nitrogens with zero attached hydrogens (tertiary/aromatic N) is 6. The molecule has 1 heterocycles. The molecule has 0 amide bonds. The lowest BCUT2D eigenvalue weighted by Crippen LogP contribution is -2.42. The van der Waals surface area contributed by atoms with E-state index in [2.05, 4.69) is 10.2 Å². The van der Waals surface area contributed by atoms with Crippen molar-refractivity contribution in [2.45, 2.75) is 78.0 Å². The van der Waals surface area contributed by atoms with E-state index in [0.717, 1.165) is 30.4 Å². The van der Waals surface area contributed by atoms with E-state index in [1.165, 1.54) is 16.4 Å². The van der Waals surface area contributed by atoms with Gasteiger partial charge < -0.3 is 10.1 Å². The molecule has 0 bridgehead atoms. The average molecular weight is 545 g/mol. The van der Waals surface area contributed by atoms with Gasteiger partial charge in [0.1, 0.15) is 22.2 Å². The SMILES string of the molecule is CCCCN(CCCC)S(=O)(=O)c1ccccc1N=Nc1c(C(C)C)c(C#N)c(O)n(N(CC)CC)c1=O. The van der Waals surface area contributed by atoms with Crippen LogP contribution < -0.4 is 10.6 Å². The van der Waals surface area contributed by atoms with Gasteiger partial charge in [-0.1, -0.05) is 52.7 Å². The quantitative estimate of drug-likeness (QED) is 0.311. The van der Waals surface area contributed by atoms with Gasteiger partial charge in [-0.3, -0.25) is 4.79 Å². The number of aromatic hydroxyl groups is 1. The Morgan fingerprint density at radius 3 is 2.11 bits per heavy atom. The predicted molar refractivity (Wildman–Crippen MR) is 150 cm³/mol. The van der Waals surface area contributed by atoms with Crippen molar-refractivity contribution in [3.8, 4) is 11.9 Å². The number of pyridine rings is 1. The smallest absolute Gasteiger partial charge is 0.300 e. The minimum absolute atomic E-state index is 0.00501. The van der Waals surface area contributed by atoms with Crippen LogP contribution in [0.4, 0.5) is 11.4 Å². The van der Waals surface area contributed by atoms with Crippen molar-refractivity contribution in [3.63, 3.8) is 0 Å². The third kappa shape index (κ3) is 6.60. The Balaban J connectivity index is 2.76. The maximum Gasteiger partial charge on any atom is 0.300 e. The summed E-state index contributed by atoms with van der Waals surface area (Å²) in [4.78, 5) is 13.6. The van der Waals surface area contributed by atoms with Gasteiger partial charge in [-0.05, 0) is 44.7 Å². The highest BCUT2D eigenvalue weighted by Gasteiger charge is 2.28. The first-order valence-corrected chi connectivity index (χ1v) is 14.7. The molecule has 1 N–H and O–H groups in total. The summed E-state index contributed by atoms with van der Waals surface area (Å²) < 4.78 is 29.8. The highest BCUT2D eigenvalue weighted by atomic mass is 32.2. The number of nitriles is 1. The fraction of sp³-hybridized carbons (Fsp3) is 0.556. The molecule has 0 radical (unpaired) electrons.